The lowest BCUT2D eigenvalue weighted by atomic mass is 9.94. The summed E-state index contributed by atoms with van der Waals surface area (Å²) < 4.78 is 5.99. The van der Waals surface area contributed by atoms with Crippen molar-refractivity contribution in [2.75, 3.05) is 6.54 Å². The first kappa shape index (κ1) is 11.7. The first-order valence-corrected chi connectivity index (χ1v) is 5.42. The van der Waals surface area contributed by atoms with Gasteiger partial charge in [0.15, 0.2) is 0 Å². The third-order valence-corrected chi connectivity index (χ3v) is 2.81. The van der Waals surface area contributed by atoms with Crippen LogP contribution in [0.2, 0.25) is 0 Å². The van der Waals surface area contributed by atoms with Crippen LogP contribution >= 0.6 is 0 Å². The molecule has 1 fully saturated rings. The number of hydrogen-bond acceptors (Lipinski definition) is 2. The molecule has 1 rings (SSSR count). The zero-order valence-electron chi connectivity index (χ0n) is 9.89. The zero-order chi connectivity index (χ0) is 10.8. The highest BCUT2D eigenvalue weighted by atomic mass is 16.5. The average Bonchev–Trinajstić information content (AvgIpc) is 2.20. The molecule has 1 unspecified atom stereocenters. The molecule has 0 aliphatic carbocycles. The van der Waals surface area contributed by atoms with Crippen LogP contribution < -0.4 is 5.32 Å². The van der Waals surface area contributed by atoms with Crippen LogP contribution in [-0.4, -0.2) is 23.8 Å². The van der Waals surface area contributed by atoms with Gasteiger partial charge in [-0.15, -0.1) is 6.58 Å². The second kappa shape index (κ2) is 4.03. The Labute approximate surface area is 87.7 Å². The van der Waals surface area contributed by atoms with Crippen LogP contribution in [0, 0.1) is 0 Å². The normalized spacial score (nSPS) is 29.0. The van der Waals surface area contributed by atoms with Crippen molar-refractivity contribution in [2.24, 2.45) is 0 Å². The van der Waals surface area contributed by atoms with Crippen molar-refractivity contribution < 1.29 is 4.74 Å². The lowest BCUT2D eigenvalue weighted by molar-refractivity contribution is -0.0697. The van der Waals surface area contributed by atoms with Gasteiger partial charge in [-0.3, -0.25) is 0 Å². The molecule has 2 nitrogen and oxygen atoms in total. The minimum atomic E-state index is -0.0509. The summed E-state index contributed by atoms with van der Waals surface area (Å²) in [7, 11) is 0. The summed E-state index contributed by atoms with van der Waals surface area (Å²) in [5, 5.41) is 3.53. The Balaban J connectivity index is 2.48. The van der Waals surface area contributed by atoms with Gasteiger partial charge in [0.25, 0.3) is 0 Å². The Bertz CT molecular complexity index is 208. The Morgan fingerprint density at radius 1 is 1.43 bits per heavy atom. The third kappa shape index (κ3) is 2.82. The molecule has 0 aromatic carbocycles. The molecule has 0 aromatic rings. The summed E-state index contributed by atoms with van der Waals surface area (Å²) in [6.07, 6.45) is 4.05. The molecule has 1 N–H and O–H groups in total. The lowest BCUT2D eigenvalue weighted by Crippen LogP contribution is -2.43. The summed E-state index contributed by atoms with van der Waals surface area (Å²) in [5.41, 5.74) is -0.0417. The summed E-state index contributed by atoms with van der Waals surface area (Å²) in [6.45, 7) is 13.3. The minimum Gasteiger partial charge on any atom is -0.368 e. The molecule has 82 valence electrons. The average molecular weight is 197 g/mol. The van der Waals surface area contributed by atoms with Gasteiger partial charge in [0, 0.05) is 6.04 Å². The van der Waals surface area contributed by atoms with Gasteiger partial charge in [-0.1, -0.05) is 6.08 Å². The molecule has 1 aliphatic rings. The van der Waals surface area contributed by atoms with Gasteiger partial charge in [-0.05, 0) is 47.1 Å². The first-order chi connectivity index (χ1) is 6.37. The van der Waals surface area contributed by atoms with Gasteiger partial charge in [-0.25, -0.2) is 0 Å². The molecule has 0 saturated carbocycles. The second-order valence-corrected chi connectivity index (χ2v) is 5.25. The van der Waals surface area contributed by atoms with Gasteiger partial charge in [0.05, 0.1) is 11.2 Å². The van der Waals surface area contributed by atoms with Gasteiger partial charge in [0.2, 0.25) is 0 Å². The maximum atomic E-state index is 5.99. The monoisotopic (exact) mass is 197 g/mol. The fraction of sp³-hybridized carbons (Fsp3) is 0.833. The van der Waals surface area contributed by atoms with Gasteiger partial charge in [-0.2, -0.15) is 0 Å². The SMILES string of the molecule is C=CCCNC1CC(C)(C)OC1(C)C. The highest BCUT2D eigenvalue weighted by Gasteiger charge is 2.45. The van der Waals surface area contributed by atoms with E-state index in [1.807, 2.05) is 6.08 Å². The third-order valence-electron chi connectivity index (χ3n) is 2.81. The Hall–Kier alpha value is -0.340. The Morgan fingerprint density at radius 2 is 2.07 bits per heavy atom. The van der Waals surface area contributed by atoms with Crippen molar-refractivity contribution in [1.29, 1.82) is 0 Å². The fourth-order valence-electron chi connectivity index (χ4n) is 2.24. The van der Waals surface area contributed by atoms with E-state index < -0.39 is 0 Å². The van der Waals surface area contributed by atoms with E-state index >= 15 is 0 Å². The largest absolute Gasteiger partial charge is 0.368 e. The van der Waals surface area contributed by atoms with Crippen molar-refractivity contribution in [3.63, 3.8) is 0 Å². The number of hydrogen-bond donors (Lipinski definition) is 1. The van der Waals surface area contributed by atoms with E-state index in [9.17, 15) is 0 Å². The number of ether oxygens (including phenoxy) is 1. The van der Waals surface area contributed by atoms with Crippen molar-refractivity contribution in [2.45, 2.75) is 57.8 Å². The molecule has 14 heavy (non-hydrogen) atoms. The van der Waals surface area contributed by atoms with Gasteiger partial charge >= 0.3 is 0 Å². The molecule has 1 atom stereocenters. The molecule has 1 saturated heterocycles. The minimum absolute atomic E-state index is 0.00927. The first-order valence-electron chi connectivity index (χ1n) is 5.42. The predicted molar refractivity (Wildman–Crippen MR) is 60.5 cm³/mol. The lowest BCUT2D eigenvalue weighted by Gasteiger charge is -2.27. The van der Waals surface area contributed by atoms with Gasteiger partial charge < -0.3 is 10.1 Å². The molecule has 0 bridgehead atoms. The quantitative estimate of drug-likeness (QED) is 0.552. The molecule has 0 spiro atoms. The Morgan fingerprint density at radius 3 is 2.50 bits per heavy atom. The van der Waals surface area contributed by atoms with E-state index in [4.69, 9.17) is 4.74 Å². The zero-order valence-corrected chi connectivity index (χ0v) is 9.89. The van der Waals surface area contributed by atoms with Crippen LogP contribution in [-0.2, 0) is 4.74 Å². The standard InChI is InChI=1S/C12H23NO/c1-6-7-8-13-10-9-11(2,3)14-12(10,4)5/h6,10,13H,1,7-9H2,2-5H3. The fourth-order valence-corrected chi connectivity index (χ4v) is 2.24. The van der Waals surface area contributed by atoms with E-state index in [0.29, 0.717) is 6.04 Å². The van der Waals surface area contributed by atoms with Crippen LogP contribution in [0.5, 0.6) is 0 Å². The molecule has 0 amide bonds. The van der Waals surface area contributed by atoms with E-state index in [1.54, 1.807) is 0 Å². The van der Waals surface area contributed by atoms with Crippen LogP contribution in [0.4, 0.5) is 0 Å². The molecule has 1 aliphatic heterocycles. The van der Waals surface area contributed by atoms with Crippen molar-refractivity contribution in [3.8, 4) is 0 Å². The van der Waals surface area contributed by atoms with Crippen molar-refractivity contribution in [3.05, 3.63) is 12.7 Å². The van der Waals surface area contributed by atoms with Crippen molar-refractivity contribution >= 4 is 0 Å². The molecule has 0 radical (unpaired) electrons. The number of nitrogens with one attached hydrogen (secondary N) is 1. The van der Waals surface area contributed by atoms with Crippen LogP contribution in [0.25, 0.3) is 0 Å². The second-order valence-electron chi connectivity index (χ2n) is 5.25. The van der Waals surface area contributed by atoms with Crippen LogP contribution in [0.15, 0.2) is 12.7 Å². The van der Waals surface area contributed by atoms with Crippen LogP contribution in [0.3, 0.4) is 0 Å². The predicted octanol–water partition coefficient (Wildman–Crippen LogP) is 2.50. The molecule has 2 heteroatoms. The van der Waals surface area contributed by atoms with E-state index in [1.165, 1.54) is 0 Å². The van der Waals surface area contributed by atoms with E-state index in [0.717, 1.165) is 19.4 Å². The maximum Gasteiger partial charge on any atom is 0.0787 e. The topological polar surface area (TPSA) is 21.3 Å². The smallest absolute Gasteiger partial charge is 0.0787 e. The summed E-state index contributed by atoms with van der Waals surface area (Å²) >= 11 is 0. The van der Waals surface area contributed by atoms with Gasteiger partial charge in [0.1, 0.15) is 0 Å². The summed E-state index contributed by atoms with van der Waals surface area (Å²) in [4.78, 5) is 0. The highest BCUT2D eigenvalue weighted by Crippen LogP contribution is 2.37. The summed E-state index contributed by atoms with van der Waals surface area (Å²) in [5.74, 6) is 0. The molecule has 1 heterocycles. The highest BCUT2D eigenvalue weighted by molar-refractivity contribution is 4.98. The van der Waals surface area contributed by atoms with Crippen LogP contribution in [0.1, 0.15) is 40.5 Å². The number of rotatable bonds is 4. The van der Waals surface area contributed by atoms with E-state index in [-0.39, 0.29) is 11.2 Å². The molecular weight excluding hydrogens is 174 g/mol. The van der Waals surface area contributed by atoms with E-state index in [2.05, 4.69) is 39.6 Å². The van der Waals surface area contributed by atoms with Crippen molar-refractivity contribution in [1.82, 2.24) is 5.32 Å². The molecule has 0 aromatic heterocycles. The molecular formula is C12H23NO. The Kier molecular flexibility index (Phi) is 3.38. The maximum absolute atomic E-state index is 5.99. The summed E-state index contributed by atoms with van der Waals surface area (Å²) in [6, 6.07) is 0.456.